The summed E-state index contributed by atoms with van der Waals surface area (Å²) in [5.74, 6) is -0.484. The minimum absolute atomic E-state index is 0.137. The SMILES string of the molecule is CC(=O)C(c1ccc(C(F)(F)F)cc1)c1cc(C(C)C)no1. The number of carbonyl (C=O) groups is 1. The van der Waals surface area contributed by atoms with Crippen LogP contribution in [-0.4, -0.2) is 10.9 Å². The number of benzene rings is 1. The van der Waals surface area contributed by atoms with Gasteiger partial charge in [0.05, 0.1) is 11.3 Å². The zero-order valence-corrected chi connectivity index (χ0v) is 12.4. The van der Waals surface area contributed by atoms with Gasteiger partial charge in [-0.1, -0.05) is 31.1 Å². The molecule has 22 heavy (non-hydrogen) atoms. The van der Waals surface area contributed by atoms with Crippen molar-refractivity contribution in [2.45, 2.75) is 38.8 Å². The molecule has 1 atom stereocenters. The topological polar surface area (TPSA) is 43.1 Å². The zero-order valence-electron chi connectivity index (χ0n) is 12.4. The number of ketones is 1. The van der Waals surface area contributed by atoms with Crippen LogP contribution in [0.5, 0.6) is 0 Å². The van der Waals surface area contributed by atoms with Gasteiger partial charge >= 0.3 is 6.18 Å². The first-order valence-electron chi connectivity index (χ1n) is 6.84. The highest BCUT2D eigenvalue weighted by atomic mass is 19.4. The van der Waals surface area contributed by atoms with Crippen molar-refractivity contribution in [1.29, 1.82) is 0 Å². The average molecular weight is 311 g/mol. The van der Waals surface area contributed by atoms with Gasteiger partial charge in [0.15, 0.2) is 5.76 Å². The number of nitrogens with zero attached hydrogens (tertiary/aromatic N) is 1. The number of aromatic nitrogens is 1. The van der Waals surface area contributed by atoms with E-state index < -0.39 is 17.7 Å². The summed E-state index contributed by atoms with van der Waals surface area (Å²) in [5.41, 5.74) is 0.402. The zero-order chi connectivity index (χ0) is 16.5. The van der Waals surface area contributed by atoms with E-state index in [1.807, 2.05) is 13.8 Å². The van der Waals surface area contributed by atoms with Crippen LogP contribution in [-0.2, 0) is 11.0 Å². The van der Waals surface area contributed by atoms with Crippen LogP contribution in [0.3, 0.4) is 0 Å². The van der Waals surface area contributed by atoms with Crippen molar-refractivity contribution in [2.24, 2.45) is 0 Å². The second-order valence-corrected chi connectivity index (χ2v) is 5.47. The Balaban J connectivity index is 2.37. The van der Waals surface area contributed by atoms with Gasteiger partial charge in [0.25, 0.3) is 0 Å². The van der Waals surface area contributed by atoms with Crippen LogP contribution in [0.25, 0.3) is 0 Å². The van der Waals surface area contributed by atoms with Crippen molar-refractivity contribution in [2.75, 3.05) is 0 Å². The minimum atomic E-state index is -4.40. The Labute approximate surface area is 126 Å². The maximum atomic E-state index is 12.6. The number of hydrogen-bond acceptors (Lipinski definition) is 3. The monoisotopic (exact) mass is 311 g/mol. The van der Waals surface area contributed by atoms with E-state index >= 15 is 0 Å². The fraction of sp³-hybridized carbons (Fsp3) is 0.375. The number of hydrogen-bond donors (Lipinski definition) is 0. The second kappa shape index (κ2) is 5.94. The third-order valence-electron chi connectivity index (χ3n) is 3.40. The van der Waals surface area contributed by atoms with Crippen molar-refractivity contribution in [3.8, 4) is 0 Å². The number of halogens is 3. The van der Waals surface area contributed by atoms with Crippen molar-refractivity contribution in [3.05, 3.63) is 52.9 Å². The van der Waals surface area contributed by atoms with Crippen LogP contribution in [0.2, 0.25) is 0 Å². The van der Waals surface area contributed by atoms with Crippen molar-refractivity contribution >= 4 is 5.78 Å². The Kier molecular flexibility index (Phi) is 4.39. The summed E-state index contributed by atoms with van der Waals surface area (Å²) >= 11 is 0. The molecule has 0 spiro atoms. The smallest absolute Gasteiger partial charge is 0.360 e. The molecule has 6 heteroatoms. The predicted octanol–water partition coefficient (Wildman–Crippen LogP) is 4.54. The van der Waals surface area contributed by atoms with Crippen molar-refractivity contribution in [3.63, 3.8) is 0 Å². The van der Waals surface area contributed by atoms with Crippen molar-refractivity contribution in [1.82, 2.24) is 5.16 Å². The van der Waals surface area contributed by atoms with Crippen LogP contribution in [0.15, 0.2) is 34.9 Å². The molecule has 0 aliphatic heterocycles. The summed E-state index contributed by atoms with van der Waals surface area (Å²) in [6, 6.07) is 6.20. The fourth-order valence-corrected chi connectivity index (χ4v) is 2.18. The molecule has 118 valence electrons. The van der Waals surface area contributed by atoms with Crippen LogP contribution < -0.4 is 0 Å². The standard InChI is InChI=1S/C16H16F3NO2/c1-9(2)13-8-14(22-20-13)15(10(3)21)11-4-6-12(7-5-11)16(17,18)19/h4-9,15H,1-3H3. The molecule has 0 aliphatic rings. The van der Waals surface area contributed by atoms with Crippen LogP contribution in [0.1, 0.15) is 55.2 Å². The van der Waals surface area contributed by atoms with Crippen LogP contribution >= 0.6 is 0 Å². The van der Waals surface area contributed by atoms with Gasteiger partial charge in [0.1, 0.15) is 11.7 Å². The Hall–Kier alpha value is -2.11. The molecule has 0 N–H and O–H groups in total. The maximum Gasteiger partial charge on any atom is 0.416 e. The second-order valence-electron chi connectivity index (χ2n) is 5.47. The van der Waals surface area contributed by atoms with E-state index in [0.29, 0.717) is 17.0 Å². The van der Waals surface area contributed by atoms with Crippen LogP contribution in [0, 0.1) is 0 Å². The molecule has 0 fully saturated rings. The molecule has 2 rings (SSSR count). The summed E-state index contributed by atoms with van der Waals surface area (Å²) < 4.78 is 43.0. The number of Topliss-reactive ketones (excluding diaryl/α,β-unsaturated/α-hetero) is 1. The molecule has 1 aromatic carbocycles. The quantitative estimate of drug-likeness (QED) is 0.832. The first-order valence-corrected chi connectivity index (χ1v) is 6.84. The number of carbonyl (C=O) groups excluding carboxylic acids is 1. The molecule has 0 radical (unpaired) electrons. The molecular weight excluding hydrogens is 295 g/mol. The predicted molar refractivity (Wildman–Crippen MR) is 74.6 cm³/mol. The molecule has 1 aromatic heterocycles. The molecular formula is C16H16F3NO2. The summed E-state index contributed by atoms with van der Waals surface area (Å²) in [6.07, 6.45) is -4.40. The highest BCUT2D eigenvalue weighted by Crippen LogP contribution is 2.32. The molecule has 2 aromatic rings. The average Bonchev–Trinajstić information content (AvgIpc) is 2.87. The summed E-state index contributed by atoms with van der Waals surface area (Å²) in [7, 11) is 0. The van der Waals surface area contributed by atoms with Gasteiger partial charge in [-0.15, -0.1) is 0 Å². The molecule has 0 bridgehead atoms. The van der Waals surface area contributed by atoms with E-state index in [4.69, 9.17) is 4.52 Å². The highest BCUT2D eigenvalue weighted by molar-refractivity contribution is 5.86. The summed E-state index contributed by atoms with van der Waals surface area (Å²) in [6.45, 7) is 5.24. The van der Waals surface area contributed by atoms with Crippen LogP contribution in [0.4, 0.5) is 13.2 Å². The number of rotatable bonds is 4. The lowest BCUT2D eigenvalue weighted by Gasteiger charge is -2.12. The van der Waals surface area contributed by atoms with Gasteiger partial charge in [-0.3, -0.25) is 4.79 Å². The fourth-order valence-electron chi connectivity index (χ4n) is 2.18. The van der Waals surface area contributed by atoms with Gasteiger partial charge in [0, 0.05) is 6.07 Å². The van der Waals surface area contributed by atoms with E-state index in [0.717, 1.165) is 12.1 Å². The van der Waals surface area contributed by atoms with Gasteiger partial charge in [0.2, 0.25) is 0 Å². The van der Waals surface area contributed by atoms with Gasteiger partial charge in [-0.2, -0.15) is 13.2 Å². The van der Waals surface area contributed by atoms with E-state index in [1.165, 1.54) is 19.1 Å². The number of alkyl halides is 3. The lowest BCUT2D eigenvalue weighted by molar-refractivity contribution is -0.137. The Bertz CT molecular complexity index is 657. The summed E-state index contributed by atoms with van der Waals surface area (Å²) in [5, 5.41) is 3.89. The van der Waals surface area contributed by atoms with E-state index in [1.54, 1.807) is 6.07 Å². The largest absolute Gasteiger partial charge is 0.416 e. The van der Waals surface area contributed by atoms with E-state index in [2.05, 4.69) is 5.16 Å². The molecule has 3 nitrogen and oxygen atoms in total. The summed E-state index contributed by atoms with van der Waals surface area (Å²) in [4.78, 5) is 11.9. The lowest BCUT2D eigenvalue weighted by atomic mass is 9.91. The molecule has 0 aliphatic carbocycles. The van der Waals surface area contributed by atoms with Gasteiger partial charge in [-0.25, -0.2) is 0 Å². The Morgan fingerprint density at radius 1 is 1.18 bits per heavy atom. The Morgan fingerprint density at radius 2 is 1.77 bits per heavy atom. The van der Waals surface area contributed by atoms with Gasteiger partial charge in [-0.05, 0) is 30.5 Å². The third-order valence-corrected chi connectivity index (χ3v) is 3.40. The molecule has 0 saturated carbocycles. The van der Waals surface area contributed by atoms with E-state index in [9.17, 15) is 18.0 Å². The first-order chi connectivity index (χ1) is 10.2. The third kappa shape index (κ3) is 3.37. The normalized spacial score (nSPS) is 13.4. The molecule has 0 amide bonds. The molecule has 1 heterocycles. The maximum absolute atomic E-state index is 12.6. The Morgan fingerprint density at radius 3 is 2.18 bits per heavy atom. The van der Waals surface area contributed by atoms with E-state index in [-0.39, 0.29) is 11.7 Å². The minimum Gasteiger partial charge on any atom is -0.360 e. The lowest BCUT2D eigenvalue weighted by Crippen LogP contribution is -2.11. The van der Waals surface area contributed by atoms with Gasteiger partial charge < -0.3 is 4.52 Å². The highest BCUT2D eigenvalue weighted by Gasteiger charge is 2.31. The van der Waals surface area contributed by atoms with Crippen molar-refractivity contribution < 1.29 is 22.5 Å². The molecule has 0 saturated heterocycles. The molecule has 1 unspecified atom stereocenters. The first kappa shape index (κ1) is 16.3.